The minimum Gasteiger partial charge on any atom is -0.365 e. The maximum Gasteiger partial charge on any atom is 0.264 e. The summed E-state index contributed by atoms with van der Waals surface area (Å²) >= 11 is 2.60. The van der Waals surface area contributed by atoms with Crippen LogP contribution in [0.15, 0.2) is 29.1 Å². The molecule has 4 heterocycles. The Hall–Kier alpha value is -2.96. The van der Waals surface area contributed by atoms with Crippen LogP contribution >= 0.6 is 23.1 Å². The van der Waals surface area contributed by atoms with Gasteiger partial charge in [-0.05, 0) is 43.3 Å². The molecule has 0 bridgehead atoms. The number of aromatic amines is 1. The van der Waals surface area contributed by atoms with E-state index in [4.69, 9.17) is 20.8 Å². The predicted octanol–water partition coefficient (Wildman–Crippen LogP) is 2.61. The molecular weight excluding hydrogens is 470 g/mol. The quantitative estimate of drug-likeness (QED) is 0.268. The van der Waals surface area contributed by atoms with Gasteiger partial charge in [0.05, 0.1) is 15.8 Å². The highest BCUT2D eigenvalue weighted by Gasteiger charge is 2.25. The van der Waals surface area contributed by atoms with E-state index in [1.165, 1.54) is 16.9 Å². The van der Waals surface area contributed by atoms with Gasteiger partial charge in [0, 0.05) is 38.8 Å². The Kier molecular flexibility index (Phi) is 6.79. The van der Waals surface area contributed by atoms with Crippen LogP contribution in [0.2, 0.25) is 0 Å². The molecule has 0 saturated carbocycles. The summed E-state index contributed by atoms with van der Waals surface area (Å²) < 4.78 is 1.03. The Balaban J connectivity index is 1.46. The Bertz CT molecular complexity index is 1210. The molecule has 0 radical (unpaired) electrons. The van der Waals surface area contributed by atoms with Gasteiger partial charge in [0.15, 0.2) is 5.17 Å². The number of nitrogens with one attached hydrogen (secondary N) is 5. The average Bonchev–Trinajstić information content (AvgIpc) is 3.28. The molecule has 1 aromatic carbocycles. The SMILES string of the molecule is N=CSC(=N)N1CCN(c2nc(N[C@@H]3CCCNC3)c(-c3nc4ccccc4s3)c(=O)[nH]2)CC1. The van der Waals surface area contributed by atoms with E-state index in [0.29, 0.717) is 53.7 Å². The van der Waals surface area contributed by atoms with Crippen LogP contribution in [0.25, 0.3) is 20.8 Å². The molecule has 34 heavy (non-hydrogen) atoms. The van der Waals surface area contributed by atoms with Crippen molar-refractivity contribution in [3.8, 4) is 10.6 Å². The first-order chi connectivity index (χ1) is 16.6. The van der Waals surface area contributed by atoms with Crippen molar-refractivity contribution >= 4 is 55.8 Å². The van der Waals surface area contributed by atoms with E-state index < -0.39 is 0 Å². The molecule has 2 aliphatic heterocycles. The van der Waals surface area contributed by atoms with Crippen LogP contribution in [0.3, 0.4) is 0 Å². The normalized spacial score (nSPS) is 18.8. The molecule has 2 aliphatic rings. The molecule has 0 unspecified atom stereocenters. The standard InChI is InChI=1S/C22H27N9OS2/c23-13-33-21(24)30-8-10-31(11-9-30)22-28-18(26-14-4-3-7-25-12-14)17(19(32)29-22)20-27-15-5-1-2-6-16(15)34-20/h1-2,5-6,13-14,23-25H,3-4,7-12H2,(H2,26,28,29,32)/t14-/m1/s1. The molecule has 2 saturated heterocycles. The molecule has 2 fully saturated rings. The lowest BCUT2D eigenvalue weighted by atomic mass is 10.1. The number of rotatable bonds is 5. The largest absolute Gasteiger partial charge is 0.365 e. The molecule has 2 aromatic heterocycles. The molecule has 178 valence electrons. The lowest BCUT2D eigenvalue weighted by molar-refractivity contribution is 0.388. The predicted molar refractivity (Wildman–Crippen MR) is 141 cm³/mol. The number of H-pyrrole nitrogens is 1. The van der Waals surface area contributed by atoms with Crippen LogP contribution in [-0.2, 0) is 0 Å². The number of hydrogen-bond donors (Lipinski definition) is 5. The lowest BCUT2D eigenvalue weighted by Crippen LogP contribution is -2.49. The topological polar surface area (TPSA) is 137 Å². The smallest absolute Gasteiger partial charge is 0.264 e. The molecular formula is C22H27N9OS2. The van der Waals surface area contributed by atoms with Crippen LogP contribution in [0, 0.1) is 10.8 Å². The number of piperidine rings is 1. The van der Waals surface area contributed by atoms with Gasteiger partial charge in [-0.15, -0.1) is 11.3 Å². The summed E-state index contributed by atoms with van der Waals surface area (Å²) in [4.78, 5) is 30.0. The zero-order valence-corrected chi connectivity index (χ0v) is 20.3. The van der Waals surface area contributed by atoms with Gasteiger partial charge in [0.25, 0.3) is 5.56 Å². The van der Waals surface area contributed by atoms with Gasteiger partial charge in [-0.3, -0.25) is 15.2 Å². The van der Waals surface area contributed by atoms with Crippen LogP contribution in [-0.4, -0.2) is 75.9 Å². The number of piperazine rings is 1. The van der Waals surface area contributed by atoms with Crippen LogP contribution in [0.1, 0.15) is 12.8 Å². The minimum absolute atomic E-state index is 0.194. The van der Waals surface area contributed by atoms with Crippen molar-refractivity contribution in [1.82, 2.24) is 25.2 Å². The van der Waals surface area contributed by atoms with Crippen LogP contribution in [0.4, 0.5) is 11.8 Å². The maximum atomic E-state index is 13.4. The second kappa shape index (κ2) is 10.1. The van der Waals surface area contributed by atoms with Gasteiger partial charge < -0.3 is 25.8 Å². The maximum absolute atomic E-state index is 13.4. The highest BCUT2D eigenvalue weighted by Crippen LogP contribution is 2.32. The first-order valence-electron chi connectivity index (χ1n) is 11.3. The molecule has 0 spiro atoms. The average molecular weight is 498 g/mol. The summed E-state index contributed by atoms with van der Waals surface area (Å²) in [5.74, 6) is 1.10. The zero-order chi connectivity index (χ0) is 23.5. The van der Waals surface area contributed by atoms with Gasteiger partial charge in [0.2, 0.25) is 5.95 Å². The van der Waals surface area contributed by atoms with Crippen molar-refractivity contribution < 1.29 is 0 Å². The summed E-state index contributed by atoms with van der Waals surface area (Å²) in [6.45, 7) is 4.38. The molecule has 10 nitrogen and oxygen atoms in total. The van der Waals surface area contributed by atoms with E-state index >= 15 is 0 Å². The van der Waals surface area contributed by atoms with Crippen molar-refractivity contribution in [3.63, 3.8) is 0 Å². The van der Waals surface area contributed by atoms with Gasteiger partial charge in [-0.25, -0.2) is 4.98 Å². The summed E-state index contributed by atoms with van der Waals surface area (Å²) in [6.07, 6.45) is 2.09. The number of benzene rings is 1. The van der Waals surface area contributed by atoms with E-state index in [1.54, 1.807) is 0 Å². The number of anilines is 2. The number of thiazole rings is 1. The molecule has 1 atom stereocenters. The van der Waals surface area contributed by atoms with Crippen molar-refractivity contribution in [1.29, 1.82) is 10.8 Å². The second-order valence-electron chi connectivity index (χ2n) is 8.30. The van der Waals surface area contributed by atoms with E-state index in [-0.39, 0.29) is 11.6 Å². The Morgan fingerprint density at radius 1 is 1.24 bits per heavy atom. The van der Waals surface area contributed by atoms with E-state index in [0.717, 1.165) is 47.9 Å². The molecule has 3 aromatic rings. The molecule has 5 rings (SSSR count). The first kappa shape index (κ1) is 22.8. The van der Waals surface area contributed by atoms with Gasteiger partial charge in [-0.2, -0.15) is 4.98 Å². The fourth-order valence-electron chi connectivity index (χ4n) is 4.31. The number of aromatic nitrogens is 3. The van der Waals surface area contributed by atoms with Crippen molar-refractivity contribution in [3.05, 3.63) is 34.6 Å². The molecule has 5 N–H and O–H groups in total. The zero-order valence-electron chi connectivity index (χ0n) is 18.6. The Labute approximate surface area is 205 Å². The second-order valence-corrected chi connectivity index (χ2v) is 10.2. The molecule has 0 aliphatic carbocycles. The van der Waals surface area contributed by atoms with Crippen molar-refractivity contribution in [2.45, 2.75) is 18.9 Å². The number of nitrogens with zero attached hydrogens (tertiary/aromatic N) is 4. The van der Waals surface area contributed by atoms with Gasteiger partial charge in [-0.1, -0.05) is 12.1 Å². The number of hydrogen-bond acceptors (Lipinski definition) is 10. The first-order valence-corrected chi connectivity index (χ1v) is 13.0. The minimum atomic E-state index is -0.204. The third-order valence-electron chi connectivity index (χ3n) is 6.09. The van der Waals surface area contributed by atoms with Gasteiger partial charge >= 0.3 is 0 Å². The molecule has 0 amide bonds. The van der Waals surface area contributed by atoms with Crippen molar-refractivity contribution in [2.75, 3.05) is 49.5 Å². The number of fused-ring (bicyclic) bond motifs is 1. The lowest BCUT2D eigenvalue weighted by Gasteiger charge is -2.36. The number of thioether (sulfide) groups is 1. The summed E-state index contributed by atoms with van der Waals surface area (Å²) in [5, 5.41) is 23.2. The number of para-hydroxylation sites is 1. The fraction of sp³-hybridized carbons (Fsp3) is 0.409. The third-order valence-corrected chi connectivity index (χ3v) is 7.74. The van der Waals surface area contributed by atoms with Gasteiger partial charge in [0.1, 0.15) is 16.4 Å². The van der Waals surface area contributed by atoms with Crippen LogP contribution < -0.4 is 21.1 Å². The van der Waals surface area contributed by atoms with Crippen molar-refractivity contribution in [2.24, 2.45) is 0 Å². The Morgan fingerprint density at radius 3 is 2.79 bits per heavy atom. The van der Waals surface area contributed by atoms with E-state index in [2.05, 4.69) is 15.6 Å². The highest BCUT2D eigenvalue weighted by molar-refractivity contribution is 8.24. The third kappa shape index (κ3) is 4.79. The summed E-state index contributed by atoms with van der Waals surface area (Å²) in [7, 11) is 0. The highest BCUT2D eigenvalue weighted by atomic mass is 32.2. The van der Waals surface area contributed by atoms with E-state index in [1.807, 2.05) is 34.1 Å². The molecule has 12 heteroatoms. The number of amidine groups is 1. The fourth-order valence-corrected chi connectivity index (χ4v) is 5.77. The summed E-state index contributed by atoms with van der Waals surface area (Å²) in [5.41, 5.74) is 2.33. The monoisotopic (exact) mass is 497 g/mol. The van der Waals surface area contributed by atoms with E-state index in [9.17, 15) is 4.79 Å². The summed E-state index contributed by atoms with van der Waals surface area (Å²) in [6, 6.07) is 8.09. The Morgan fingerprint density at radius 2 is 2.06 bits per heavy atom. The van der Waals surface area contributed by atoms with Crippen LogP contribution in [0.5, 0.6) is 0 Å².